The van der Waals surface area contributed by atoms with Gasteiger partial charge in [-0.05, 0) is 60.7 Å². The van der Waals surface area contributed by atoms with E-state index in [1.165, 1.54) is 11.3 Å². The van der Waals surface area contributed by atoms with E-state index in [-0.39, 0.29) is 11.8 Å². The van der Waals surface area contributed by atoms with E-state index in [4.69, 9.17) is 4.74 Å². The summed E-state index contributed by atoms with van der Waals surface area (Å²) in [7, 11) is 0. The SMILES string of the molecule is O=C(Nc1ccc(Oc2ccccc2)cc1)[C@@H]1CCCN1C(=O)c1cccs1. The van der Waals surface area contributed by atoms with Gasteiger partial charge >= 0.3 is 0 Å². The summed E-state index contributed by atoms with van der Waals surface area (Å²) in [4.78, 5) is 27.7. The van der Waals surface area contributed by atoms with Crippen LogP contribution in [0.15, 0.2) is 72.1 Å². The summed E-state index contributed by atoms with van der Waals surface area (Å²) in [6.07, 6.45) is 1.51. The van der Waals surface area contributed by atoms with Gasteiger partial charge in [-0.3, -0.25) is 9.59 Å². The first-order valence-electron chi connectivity index (χ1n) is 9.19. The molecule has 2 heterocycles. The highest BCUT2D eigenvalue weighted by molar-refractivity contribution is 7.12. The van der Waals surface area contributed by atoms with Crippen LogP contribution in [0.3, 0.4) is 0 Å². The quantitative estimate of drug-likeness (QED) is 0.680. The number of carbonyl (C=O) groups excluding carboxylic acids is 2. The summed E-state index contributed by atoms with van der Waals surface area (Å²) >= 11 is 1.40. The Morgan fingerprint density at radius 3 is 2.43 bits per heavy atom. The summed E-state index contributed by atoms with van der Waals surface area (Å²) in [5.41, 5.74) is 0.681. The number of carbonyl (C=O) groups is 2. The monoisotopic (exact) mass is 392 g/mol. The molecule has 3 aromatic rings. The number of para-hydroxylation sites is 1. The van der Waals surface area contributed by atoms with E-state index >= 15 is 0 Å². The first-order chi connectivity index (χ1) is 13.7. The van der Waals surface area contributed by atoms with E-state index < -0.39 is 6.04 Å². The molecule has 0 aliphatic carbocycles. The van der Waals surface area contributed by atoms with Gasteiger partial charge in [0.2, 0.25) is 5.91 Å². The molecule has 5 nitrogen and oxygen atoms in total. The number of thiophene rings is 1. The Balaban J connectivity index is 1.39. The van der Waals surface area contributed by atoms with Crippen molar-refractivity contribution in [2.45, 2.75) is 18.9 Å². The molecular formula is C22H20N2O3S. The van der Waals surface area contributed by atoms with Crippen LogP contribution in [0.2, 0.25) is 0 Å². The highest BCUT2D eigenvalue weighted by Crippen LogP contribution is 2.25. The number of nitrogens with one attached hydrogen (secondary N) is 1. The Labute approximate surface area is 167 Å². The van der Waals surface area contributed by atoms with E-state index in [2.05, 4.69) is 5.32 Å². The van der Waals surface area contributed by atoms with Gasteiger partial charge in [-0.15, -0.1) is 11.3 Å². The molecule has 142 valence electrons. The van der Waals surface area contributed by atoms with Gasteiger partial charge in [0.25, 0.3) is 5.91 Å². The van der Waals surface area contributed by atoms with E-state index in [1.807, 2.05) is 53.9 Å². The second kappa shape index (κ2) is 8.27. The number of hydrogen-bond donors (Lipinski definition) is 1. The second-order valence-corrected chi connectivity index (χ2v) is 7.51. The molecule has 1 atom stereocenters. The maximum absolute atomic E-state index is 12.7. The van der Waals surface area contributed by atoms with Gasteiger partial charge in [0.1, 0.15) is 17.5 Å². The van der Waals surface area contributed by atoms with Gasteiger partial charge in [-0.25, -0.2) is 0 Å². The Hall–Kier alpha value is -3.12. The molecule has 2 aromatic carbocycles. The smallest absolute Gasteiger partial charge is 0.264 e. The molecule has 0 spiro atoms. The third kappa shape index (κ3) is 4.07. The fourth-order valence-electron chi connectivity index (χ4n) is 3.28. The van der Waals surface area contributed by atoms with Crippen molar-refractivity contribution in [3.8, 4) is 11.5 Å². The number of amides is 2. The average molecular weight is 392 g/mol. The van der Waals surface area contributed by atoms with Gasteiger partial charge in [0, 0.05) is 12.2 Å². The van der Waals surface area contributed by atoms with E-state index in [0.717, 1.165) is 12.2 Å². The van der Waals surface area contributed by atoms with Crippen molar-refractivity contribution >= 4 is 28.8 Å². The summed E-state index contributed by atoms with van der Waals surface area (Å²) in [6.45, 7) is 0.610. The predicted molar refractivity (Wildman–Crippen MR) is 110 cm³/mol. The molecule has 1 aliphatic heterocycles. The maximum Gasteiger partial charge on any atom is 0.264 e. The van der Waals surface area contributed by atoms with Crippen molar-refractivity contribution < 1.29 is 14.3 Å². The molecule has 28 heavy (non-hydrogen) atoms. The van der Waals surface area contributed by atoms with Gasteiger partial charge in [-0.2, -0.15) is 0 Å². The summed E-state index contributed by atoms with van der Waals surface area (Å²) < 4.78 is 5.76. The zero-order valence-electron chi connectivity index (χ0n) is 15.2. The molecule has 1 aliphatic rings. The minimum Gasteiger partial charge on any atom is -0.457 e. The van der Waals surface area contributed by atoms with Crippen LogP contribution in [0, 0.1) is 0 Å². The molecule has 0 bridgehead atoms. The van der Waals surface area contributed by atoms with Crippen molar-refractivity contribution in [3.63, 3.8) is 0 Å². The lowest BCUT2D eigenvalue weighted by molar-refractivity contribution is -0.119. The molecule has 1 saturated heterocycles. The third-order valence-electron chi connectivity index (χ3n) is 4.65. The minimum atomic E-state index is -0.435. The normalized spacial score (nSPS) is 16.0. The van der Waals surface area contributed by atoms with E-state index in [0.29, 0.717) is 29.3 Å². The van der Waals surface area contributed by atoms with Crippen LogP contribution in [-0.2, 0) is 4.79 Å². The number of anilines is 1. The highest BCUT2D eigenvalue weighted by atomic mass is 32.1. The number of benzene rings is 2. The Morgan fingerprint density at radius 1 is 0.964 bits per heavy atom. The first kappa shape index (κ1) is 18.3. The van der Waals surface area contributed by atoms with Crippen molar-refractivity contribution in [1.29, 1.82) is 0 Å². The predicted octanol–water partition coefficient (Wildman–Crippen LogP) is 4.78. The molecule has 0 saturated carbocycles. The van der Waals surface area contributed by atoms with Crippen LogP contribution in [-0.4, -0.2) is 29.3 Å². The van der Waals surface area contributed by atoms with E-state index in [1.54, 1.807) is 23.1 Å². The average Bonchev–Trinajstić information content (AvgIpc) is 3.42. The molecule has 0 unspecified atom stereocenters. The number of hydrogen-bond acceptors (Lipinski definition) is 4. The fourth-order valence-corrected chi connectivity index (χ4v) is 3.96. The maximum atomic E-state index is 12.7. The molecule has 1 aromatic heterocycles. The molecule has 0 radical (unpaired) electrons. The number of nitrogens with zero attached hydrogens (tertiary/aromatic N) is 1. The molecule has 1 fully saturated rings. The summed E-state index contributed by atoms with van der Waals surface area (Å²) in [5, 5.41) is 4.79. The van der Waals surface area contributed by atoms with Crippen molar-refractivity contribution in [2.75, 3.05) is 11.9 Å². The largest absolute Gasteiger partial charge is 0.457 e. The number of likely N-dealkylation sites (tertiary alicyclic amines) is 1. The van der Waals surface area contributed by atoms with Crippen LogP contribution in [0.5, 0.6) is 11.5 Å². The number of rotatable bonds is 5. The van der Waals surface area contributed by atoms with Crippen molar-refractivity contribution in [3.05, 3.63) is 77.0 Å². The lowest BCUT2D eigenvalue weighted by Gasteiger charge is -2.23. The molecule has 1 N–H and O–H groups in total. The first-order valence-corrected chi connectivity index (χ1v) is 10.1. The van der Waals surface area contributed by atoms with Crippen LogP contribution in [0.25, 0.3) is 0 Å². The van der Waals surface area contributed by atoms with Crippen LogP contribution in [0.4, 0.5) is 5.69 Å². The minimum absolute atomic E-state index is 0.0701. The Bertz CT molecular complexity index is 940. The third-order valence-corrected chi connectivity index (χ3v) is 5.51. The molecule has 2 amide bonds. The summed E-state index contributed by atoms with van der Waals surface area (Å²) in [5.74, 6) is 1.23. The zero-order valence-corrected chi connectivity index (χ0v) is 16.0. The summed E-state index contributed by atoms with van der Waals surface area (Å²) in [6, 6.07) is 20.0. The van der Waals surface area contributed by atoms with E-state index in [9.17, 15) is 9.59 Å². The topological polar surface area (TPSA) is 58.6 Å². The lowest BCUT2D eigenvalue weighted by Crippen LogP contribution is -2.42. The van der Waals surface area contributed by atoms with Crippen molar-refractivity contribution in [1.82, 2.24) is 4.90 Å². The lowest BCUT2D eigenvalue weighted by atomic mass is 10.2. The van der Waals surface area contributed by atoms with Gasteiger partial charge < -0.3 is 15.0 Å². The van der Waals surface area contributed by atoms with Crippen LogP contribution < -0.4 is 10.1 Å². The van der Waals surface area contributed by atoms with Gasteiger partial charge in [0.15, 0.2) is 0 Å². The molecule has 6 heteroatoms. The van der Waals surface area contributed by atoms with Crippen LogP contribution in [0.1, 0.15) is 22.5 Å². The zero-order chi connectivity index (χ0) is 19.3. The van der Waals surface area contributed by atoms with Crippen molar-refractivity contribution in [2.24, 2.45) is 0 Å². The molecule has 4 rings (SSSR count). The fraction of sp³-hybridized carbons (Fsp3) is 0.182. The Morgan fingerprint density at radius 2 is 1.71 bits per heavy atom. The standard InChI is InChI=1S/C22H20N2O3S/c25-21(19-8-4-14-24(19)22(26)20-9-5-15-28-20)23-16-10-12-18(13-11-16)27-17-6-2-1-3-7-17/h1-3,5-7,9-13,15,19H,4,8,14H2,(H,23,25)/t19-/m0/s1. The second-order valence-electron chi connectivity index (χ2n) is 6.56. The van der Waals surface area contributed by atoms with Gasteiger partial charge in [0.05, 0.1) is 4.88 Å². The van der Waals surface area contributed by atoms with Gasteiger partial charge in [-0.1, -0.05) is 24.3 Å². The number of ether oxygens (including phenoxy) is 1. The highest BCUT2D eigenvalue weighted by Gasteiger charge is 2.34. The Kier molecular flexibility index (Phi) is 5.39. The molecular weight excluding hydrogens is 372 g/mol. The van der Waals surface area contributed by atoms with Crippen LogP contribution >= 0.6 is 11.3 Å².